The lowest BCUT2D eigenvalue weighted by Gasteiger charge is -2.38. The minimum Gasteiger partial charge on any atom is -0.326 e. The Hall–Kier alpha value is -0.0800. The molecular formula is C28H58N2+2. The van der Waals surface area contributed by atoms with E-state index in [0.717, 1.165) is 0 Å². The van der Waals surface area contributed by atoms with Crippen molar-refractivity contribution >= 4 is 0 Å². The van der Waals surface area contributed by atoms with Crippen LogP contribution < -0.4 is 0 Å². The third kappa shape index (κ3) is 10.0. The topological polar surface area (TPSA) is 0 Å². The van der Waals surface area contributed by atoms with Gasteiger partial charge in [-0.05, 0) is 82.5 Å². The van der Waals surface area contributed by atoms with Gasteiger partial charge in [-0.15, -0.1) is 0 Å². The van der Waals surface area contributed by atoms with Crippen LogP contribution in [0.5, 0.6) is 0 Å². The monoisotopic (exact) mass is 422 g/mol. The summed E-state index contributed by atoms with van der Waals surface area (Å²) in [5, 5.41) is 0. The van der Waals surface area contributed by atoms with Crippen LogP contribution in [0.4, 0.5) is 0 Å². The fourth-order valence-corrected chi connectivity index (χ4v) is 6.27. The second-order valence-electron chi connectivity index (χ2n) is 12.2. The second-order valence-corrected chi connectivity index (χ2v) is 12.2. The molecule has 0 aliphatic carbocycles. The van der Waals surface area contributed by atoms with E-state index in [-0.39, 0.29) is 0 Å². The van der Waals surface area contributed by atoms with Crippen molar-refractivity contribution in [1.82, 2.24) is 0 Å². The molecule has 2 saturated heterocycles. The Morgan fingerprint density at radius 1 is 0.533 bits per heavy atom. The predicted octanol–water partition coefficient (Wildman–Crippen LogP) is 7.56. The highest BCUT2D eigenvalue weighted by Crippen LogP contribution is 2.34. The molecule has 0 unspecified atom stereocenters. The van der Waals surface area contributed by atoms with Crippen LogP contribution >= 0.6 is 0 Å². The van der Waals surface area contributed by atoms with Crippen LogP contribution in [0.25, 0.3) is 0 Å². The molecule has 0 amide bonds. The first-order valence-electron chi connectivity index (χ1n) is 14.1. The van der Waals surface area contributed by atoms with Gasteiger partial charge in [0.1, 0.15) is 0 Å². The Morgan fingerprint density at radius 2 is 0.900 bits per heavy atom. The Bertz CT molecular complexity index is 396. The zero-order valence-corrected chi connectivity index (χ0v) is 21.7. The highest BCUT2D eigenvalue weighted by atomic mass is 15.3. The van der Waals surface area contributed by atoms with Crippen LogP contribution in [0.3, 0.4) is 0 Å². The SMILES string of the molecule is CCC(C)(CCCCCC[N+]1(C)CCCCC1)CCCCCC[N+]1(C)CCCCC1. The lowest BCUT2D eigenvalue weighted by atomic mass is 9.77. The minimum absolute atomic E-state index is 0.608. The van der Waals surface area contributed by atoms with E-state index in [1.54, 1.807) is 0 Å². The number of quaternary nitrogens is 2. The number of piperidine rings is 2. The summed E-state index contributed by atoms with van der Waals surface area (Å²) in [5.41, 5.74) is 0.608. The summed E-state index contributed by atoms with van der Waals surface area (Å²) >= 11 is 0. The molecule has 0 aromatic heterocycles. The molecule has 0 N–H and O–H groups in total. The molecule has 0 aromatic carbocycles. The lowest BCUT2D eigenvalue weighted by Crippen LogP contribution is -2.48. The lowest BCUT2D eigenvalue weighted by molar-refractivity contribution is -0.914. The maximum absolute atomic E-state index is 2.58. The molecule has 2 heteroatoms. The van der Waals surface area contributed by atoms with Gasteiger partial charge in [-0.1, -0.05) is 46.0 Å². The largest absolute Gasteiger partial charge is 0.326 e. The molecule has 2 heterocycles. The Morgan fingerprint density at radius 3 is 1.27 bits per heavy atom. The average molecular weight is 423 g/mol. The molecule has 0 bridgehead atoms. The van der Waals surface area contributed by atoms with E-state index in [2.05, 4.69) is 27.9 Å². The maximum atomic E-state index is 2.58. The van der Waals surface area contributed by atoms with Crippen molar-refractivity contribution in [3.63, 3.8) is 0 Å². The Labute approximate surface area is 191 Å². The molecule has 2 aliphatic rings. The fraction of sp³-hybridized carbons (Fsp3) is 1.00. The number of unbranched alkanes of at least 4 members (excludes halogenated alkanes) is 6. The van der Waals surface area contributed by atoms with Crippen LogP contribution in [-0.4, -0.2) is 62.3 Å². The zero-order valence-electron chi connectivity index (χ0n) is 21.7. The molecule has 0 atom stereocenters. The van der Waals surface area contributed by atoms with E-state index in [9.17, 15) is 0 Å². The van der Waals surface area contributed by atoms with Gasteiger partial charge in [0.25, 0.3) is 0 Å². The van der Waals surface area contributed by atoms with E-state index >= 15 is 0 Å². The van der Waals surface area contributed by atoms with Crippen LogP contribution in [0.2, 0.25) is 0 Å². The normalized spacial score (nSPS) is 21.6. The third-order valence-corrected chi connectivity index (χ3v) is 9.10. The first-order chi connectivity index (χ1) is 14.4. The molecule has 0 aromatic rings. The summed E-state index contributed by atoms with van der Waals surface area (Å²) in [6, 6.07) is 0. The van der Waals surface area contributed by atoms with Gasteiger partial charge >= 0.3 is 0 Å². The van der Waals surface area contributed by atoms with E-state index in [1.807, 2.05) is 0 Å². The number of nitrogens with zero attached hydrogens (tertiary/aromatic N) is 2. The van der Waals surface area contributed by atoms with E-state index in [4.69, 9.17) is 0 Å². The van der Waals surface area contributed by atoms with Crippen LogP contribution in [0.15, 0.2) is 0 Å². The first-order valence-corrected chi connectivity index (χ1v) is 14.1. The second kappa shape index (κ2) is 13.5. The smallest absolute Gasteiger partial charge is 0.0784 e. The Kier molecular flexibility index (Phi) is 11.7. The molecule has 0 saturated carbocycles. The fourth-order valence-electron chi connectivity index (χ4n) is 6.27. The zero-order chi connectivity index (χ0) is 21.8. The minimum atomic E-state index is 0.608. The van der Waals surface area contributed by atoms with Gasteiger partial charge < -0.3 is 8.97 Å². The van der Waals surface area contributed by atoms with Gasteiger partial charge in [0.05, 0.1) is 53.4 Å². The summed E-state index contributed by atoms with van der Waals surface area (Å²) in [6.45, 7) is 13.6. The molecule has 0 radical (unpaired) electrons. The van der Waals surface area contributed by atoms with Crippen LogP contribution in [0, 0.1) is 5.41 Å². The molecule has 178 valence electrons. The molecule has 0 spiro atoms. The average Bonchev–Trinajstić information content (AvgIpc) is 2.74. The Balaban J connectivity index is 1.48. The van der Waals surface area contributed by atoms with Crippen molar-refractivity contribution in [2.24, 2.45) is 5.41 Å². The molecule has 30 heavy (non-hydrogen) atoms. The van der Waals surface area contributed by atoms with Crippen molar-refractivity contribution in [3.8, 4) is 0 Å². The van der Waals surface area contributed by atoms with Gasteiger partial charge in [0.2, 0.25) is 0 Å². The highest BCUT2D eigenvalue weighted by molar-refractivity contribution is 4.73. The van der Waals surface area contributed by atoms with Gasteiger partial charge in [0, 0.05) is 0 Å². The van der Waals surface area contributed by atoms with Crippen molar-refractivity contribution in [2.45, 2.75) is 123 Å². The van der Waals surface area contributed by atoms with Crippen molar-refractivity contribution in [1.29, 1.82) is 0 Å². The van der Waals surface area contributed by atoms with Gasteiger partial charge in [0.15, 0.2) is 0 Å². The summed E-state index contributed by atoms with van der Waals surface area (Å²) in [7, 11) is 5.00. The van der Waals surface area contributed by atoms with Crippen LogP contribution in [0.1, 0.15) is 123 Å². The van der Waals surface area contributed by atoms with Crippen LogP contribution in [-0.2, 0) is 0 Å². The third-order valence-electron chi connectivity index (χ3n) is 9.10. The first kappa shape index (κ1) is 26.2. The van der Waals surface area contributed by atoms with E-state index < -0.39 is 0 Å². The predicted molar refractivity (Wildman–Crippen MR) is 134 cm³/mol. The number of hydrogen-bond acceptors (Lipinski definition) is 0. The molecule has 2 aliphatic heterocycles. The summed E-state index contributed by atoms with van der Waals surface area (Å²) < 4.78 is 2.73. The standard InChI is InChI=1S/C28H58N2/c1-5-28(2,20-12-6-8-14-22-29(3)24-16-10-17-25-29)21-13-7-9-15-23-30(4)26-18-11-19-27-30/h5-27H2,1-4H3/q+2. The number of rotatable bonds is 15. The van der Waals surface area contributed by atoms with Crippen molar-refractivity contribution < 1.29 is 8.97 Å². The van der Waals surface area contributed by atoms with E-state index in [0.29, 0.717) is 5.41 Å². The van der Waals surface area contributed by atoms with Gasteiger partial charge in [-0.3, -0.25) is 0 Å². The number of hydrogen-bond donors (Lipinski definition) is 0. The van der Waals surface area contributed by atoms with Gasteiger partial charge in [-0.2, -0.15) is 0 Å². The van der Waals surface area contributed by atoms with Crippen molar-refractivity contribution in [2.75, 3.05) is 53.4 Å². The summed E-state index contributed by atoms with van der Waals surface area (Å²) in [4.78, 5) is 0. The maximum Gasteiger partial charge on any atom is 0.0784 e. The van der Waals surface area contributed by atoms with Gasteiger partial charge in [-0.25, -0.2) is 0 Å². The number of likely N-dealkylation sites (tertiary alicyclic amines) is 2. The quantitative estimate of drug-likeness (QED) is 0.189. The molecule has 2 nitrogen and oxygen atoms in total. The highest BCUT2D eigenvalue weighted by Gasteiger charge is 2.25. The molecular weight excluding hydrogens is 364 g/mol. The van der Waals surface area contributed by atoms with E-state index in [1.165, 1.54) is 157 Å². The molecule has 2 fully saturated rings. The summed E-state index contributed by atoms with van der Waals surface area (Å²) in [5.74, 6) is 0. The summed E-state index contributed by atoms with van der Waals surface area (Å²) in [6.07, 6.45) is 24.8. The van der Waals surface area contributed by atoms with Crippen molar-refractivity contribution in [3.05, 3.63) is 0 Å². The molecule has 2 rings (SSSR count).